The molecule has 0 saturated carbocycles. The van der Waals surface area contributed by atoms with E-state index in [1.54, 1.807) is 13.8 Å². The predicted octanol–water partition coefficient (Wildman–Crippen LogP) is 3.40. The number of carbonyl (C=O) groups excluding carboxylic acids is 3. The quantitative estimate of drug-likeness (QED) is 0.631. The molecule has 196 valence electrons. The number of benzene rings is 1. The summed E-state index contributed by atoms with van der Waals surface area (Å²) in [6.07, 6.45) is -4.52. The summed E-state index contributed by atoms with van der Waals surface area (Å²) >= 11 is 0. The van der Waals surface area contributed by atoms with Gasteiger partial charge >= 0.3 is 6.18 Å². The lowest BCUT2D eigenvalue weighted by Gasteiger charge is -2.35. The third kappa shape index (κ3) is 4.23. The first-order chi connectivity index (χ1) is 16.8. The van der Waals surface area contributed by atoms with E-state index in [4.69, 9.17) is 14.2 Å². The maximum Gasteiger partial charge on any atom is 0.425 e. The van der Waals surface area contributed by atoms with Gasteiger partial charge in [0.2, 0.25) is 5.54 Å². The number of ketones is 1. The van der Waals surface area contributed by atoms with Gasteiger partial charge in [-0.25, -0.2) is 0 Å². The normalized spacial score (nSPS) is 25.8. The van der Waals surface area contributed by atoms with Crippen molar-refractivity contribution in [1.82, 2.24) is 10.2 Å². The van der Waals surface area contributed by atoms with Crippen molar-refractivity contribution in [1.29, 1.82) is 0 Å². The predicted molar refractivity (Wildman–Crippen MR) is 122 cm³/mol. The highest BCUT2D eigenvalue weighted by atomic mass is 19.4. The summed E-state index contributed by atoms with van der Waals surface area (Å²) in [7, 11) is 2.69. The van der Waals surface area contributed by atoms with Crippen molar-refractivity contribution in [2.75, 3.05) is 27.4 Å². The molecule has 1 aromatic carbocycles. The third-order valence-corrected chi connectivity index (χ3v) is 6.90. The van der Waals surface area contributed by atoms with E-state index in [1.165, 1.54) is 32.4 Å². The van der Waals surface area contributed by atoms with Crippen LogP contribution in [0.4, 0.5) is 13.2 Å². The smallest absolute Gasteiger partial charge is 0.425 e. The molecule has 0 aromatic heterocycles. The van der Waals surface area contributed by atoms with Gasteiger partial charge in [-0.3, -0.25) is 14.4 Å². The molecule has 0 bridgehead atoms. The molecule has 36 heavy (non-hydrogen) atoms. The number of halogens is 3. The van der Waals surface area contributed by atoms with Crippen molar-refractivity contribution in [3.63, 3.8) is 0 Å². The molecule has 1 saturated heterocycles. The summed E-state index contributed by atoms with van der Waals surface area (Å²) in [5.74, 6) is -2.98. The van der Waals surface area contributed by atoms with Crippen molar-refractivity contribution in [3.8, 4) is 11.5 Å². The molecule has 4 rings (SSSR count). The summed E-state index contributed by atoms with van der Waals surface area (Å²) in [4.78, 5) is 41.1. The maximum atomic E-state index is 14.9. The SMILES string of the molecule is COc1ccc(C(=O)N[C@]2(C(F)(F)F)C(=O)N(C[C@@H]3CCCO3)C3=C2C(=O)CC(C)(C)C3)cc1OC. The van der Waals surface area contributed by atoms with E-state index in [2.05, 4.69) is 0 Å². The second-order valence-electron chi connectivity index (χ2n) is 10.1. The standard InChI is InChI=1S/C25H29F3N2O6/c1-23(2)11-16-20(17(31)12-23)24(25(26,27)28,22(33)30(16)13-15-6-5-9-36-15)29-21(32)14-7-8-18(34-3)19(10-14)35-4/h7-8,10,15H,5-6,9,11-13H2,1-4H3,(H,29,32)/t15-,24-/m0/s1. The minimum atomic E-state index is -5.28. The van der Waals surface area contributed by atoms with Crippen LogP contribution in [0.15, 0.2) is 29.5 Å². The number of rotatable bonds is 6. The van der Waals surface area contributed by atoms with E-state index in [0.717, 1.165) is 11.3 Å². The average Bonchev–Trinajstić information content (AvgIpc) is 3.39. The van der Waals surface area contributed by atoms with E-state index in [0.29, 0.717) is 13.0 Å². The lowest BCUT2D eigenvalue weighted by molar-refractivity contribution is -0.191. The fraction of sp³-hybridized carbons (Fsp3) is 0.560. The highest BCUT2D eigenvalue weighted by Gasteiger charge is 2.71. The van der Waals surface area contributed by atoms with Crippen LogP contribution in [-0.4, -0.2) is 67.7 Å². The minimum absolute atomic E-state index is 0.00156. The first kappa shape index (κ1) is 26.0. The van der Waals surface area contributed by atoms with Crippen LogP contribution in [0.1, 0.15) is 49.9 Å². The summed E-state index contributed by atoms with van der Waals surface area (Å²) in [5.41, 5.74) is -5.04. The highest BCUT2D eigenvalue weighted by molar-refractivity contribution is 6.14. The van der Waals surface area contributed by atoms with Gasteiger partial charge in [0.1, 0.15) is 0 Å². The molecular formula is C25H29F3N2O6. The van der Waals surface area contributed by atoms with E-state index < -0.39 is 46.4 Å². The van der Waals surface area contributed by atoms with Crippen LogP contribution in [0.25, 0.3) is 0 Å². The van der Waals surface area contributed by atoms with Gasteiger partial charge in [-0.15, -0.1) is 0 Å². The molecule has 1 aromatic rings. The maximum absolute atomic E-state index is 14.9. The van der Waals surface area contributed by atoms with E-state index >= 15 is 0 Å². The van der Waals surface area contributed by atoms with Crippen molar-refractivity contribution in [2.45, 2.75) is 57.3 Å². The summed E-state index contributed by atoms with van der Waals surface area (Å²) < 4.78 is 60.6. The molecular weight excluding hydrogens is 481 g/mol. The number of nitrogens with one attached hydrogen (secondary N) is 1. The Morgan fingerprint density at radius 3 is 2.44 bits per heavy atom. The van der Waals surface area contributed by atoms with Gasteiger partial charge < -0.3 is 24.4 Å². The van der Waals surface area contributed by atoms with Gasteiger partial charge in [0.25, 0.3) is 11.8 Å². The molecule has 11 heteroatoms. The molecule has 1 N–H and O–H groups in total. The van der Waals surface area contributed by atoms with E-state index in [1.807, 2.05) is 5.32 Å². The molecule has 2 heterocycles. The van der Waals surface area contributed by atoms with Gasteiger partial charge in [0, 0.05) is 24.3 Å². The van der Waals surface area contributed by atoms with Crippen LogP contribution >= 0.6 is 0 Å². The van der Waals surface area contributed by atoms with Gasteiger partial charge in [-0.05, 0) is 42.9 Å². The zero-order chi connectivity index (χ0) is 26.5. The van der Waals surface area contributed by atoms with E-state index in [-0.39, 0.29) is 42.1 Å². The highest BCUT2D eigenvalue weighted by Crippen LogP contribution is 2.52. The minimum Gasteiger partial charge on any atom is -0.493 e. The number of ether oxygens (including phenoxy) is 3. The second-order valence-corrected chi connectivity index (χ2v) is 10.1. The molecule has 0 unspecified atom stereocenters. The molecule has 2 amide bonds. The number of nitrogens with zero attached hydrogens (tertiary/aromatic N) is 1. The van der Waals surface area contributed by atoms with Gasteiger partial charge in [-0.2, -0.15) is 13.2 Å². The number of hydrogen-bond acceptors (Lipinski definition) is 6. The van der Waals surface area contributed by atoms with Crippen LogP contribution in [0, 0.1) is 5.41 Å². The fourth-order valence-corrected chi connectivity index (χ4v) is 5.23. The average molecular weight is 511 g/mol. The molecule has 8 nitrogen and oxygen atoms in total. The Kier molecular flexibility index (Phi) is 6.57. The van der Waals surface area contributed by atoms with Crippen LogP contribution in [0.2, 0.25) is 0 Å². The van der Waals surface area contributed by atoms with Gasteiger partial charge in [0.05, 0.1) is 32.4 Å². The van der Waals surface area contributed by atoms with Crippen LogP contribution in [0.5, 0.6) is 11.5 Å². The lowest BCUT2D eigenvalue weighted by Crippen LogP contribution is -2.66. The van der Waals surface area contributed by atoms with Crippen LogP contribution in [-0.2, 0) is 14.3 Å². The molecule has 0 spiro atoms. The summed E-state index contributed by atoms with van der Waals surface area (Å²) in [6.45, 7) is 3.85. The van der Waals surface area contributed by atoms with Crippen LogP contribution in [0.3, 0.4) is 0 Å². The monoisotopic (exact) mass is 510 g/mol. The zero-order valence-electron chi connectivity index (χ0n) is 20.6. The molecule has 3 aliphatic rings. The van der Waals surface area contributed by atoms with Gasteiger partial charge in [0.15, 0.2) is 17.3 Å². The Hall–Kier alpha value is -3.08. The van der Waals surface area contributed by atoms with Crippen molar-refractivity contribution >= 4 is 17.6 Å². The topological polar surface area (TPSA) is 94.2 Å². The fourth-order valence-electron chi connectivity index (χ4n) is 5.23. The molecule has 0 radical (unpaired) electrons. The Morgan fingerprint density at radius 1 is 1.17 bits per heavy atom. The van der Waals surface area contributed by atoms with Crippen molar-refractivity contribution < 1.29 is 41.8 Å². The number of Topliss-reactive ketones (excluding diaryl/α,β-unsaturated/α-hetero) is 1. The molecule has 2 atom stereocenters. The Morgan fingerprint density at radius 2 is 1.86 bits per heavy atom. The van der Waals surface area contributed by atoms with Gasteiger partial charge in [-0.1, -0.05) is 13.8 Å². The Bertz CT molecular complexity index is 1120. The summed E-state index contributed by atoms with van der Waals surface area (Å²) in [5, 5.41) is 1.93. The number of amides is 2. The first-order valence-electron chi connectivity index (χ1n) is 11.7. The van der Waals surface area contributed by atoms with Crippen molar-refractivity contribution in [3.05, 3.63) is 35.0 Å². The zero-order valence-corrected chi connectivity index (χ0v) is 20.6. The largest absolute Gasteiger partial charge is 0.493 e. The Balaban J connectivity index is 1.82. The number of methoxy groups -OCH3 is 2. The second kappa shape index (κ2) is 9.10. The lowest BCUT2D eigenvalue weighted by atomic mass is 9.72. The van der Waals surface area contributed by atoms with E-state index in [9.17, 15) is 27.6 Å². The van der Waals surface area contributed by atoms with Crippen LogP contribution < -0.4 is 14.8 Å². The first-order valence-corrected chi connectivity index (χ1v) is 11.7. The Labute approximate surface area is 206 Å². The number of hydrogen-bond donors (Lipinski definition) is 1. The molecule has 1 fully saturated rings. The number of carbonyl (C=O) groups is 3. The summed E-state index contributed by atoms with van der Waals surface area (Å²) in [6, 6.07) is 3.83. The molecule has 1 aliphatic carbocycles. The third-order valence-electron chi connectivity index (χ3n) is 6.90. The number of alkyl halides is 3. The molecule has 2 aliphatic heterocycles. The van der Waals surface area contributed by atoms with Crippen molar-refractivity contribution in [2.24, 2.45) is 5.41 Å². The number of allylic oxidation sites excluding steroid dienone is 1.